The van der Waals surface area contributed by atoms with Gasteiger partial charge in [-0.1, -0.05) is 30.3 Å². The van der Waals surface area contributed by atoms with Crippen molar-refractivity contribution >= 4 is 5.78 Å². The van der Waals surface area contributed by atoms with Crippen LogP contribution in [0.25, 0.3) is 0 Å². The molecular formula is C16H20N2O3. The number of aromatic nitrogens is 2. The molecule has 0 saturated carbocycles. The lowest BCUT2D eigenvalue weighted by Gasteiger charge is -2.14. The van der Waals surface area contributed by atoms with Gasteiger partial charge in [-0.25, -0.2) is 0 Å². The molecule has 0 amide bonds. The molecular weight excluding hydrogens is 268 g/mol. The van der Waals surface area contributed by atoms with E-state index in [-0.39, 0.29) is 5.78 Å². The second kappa shape index (κ2) is 7.71. The molecule has 0 unspecified atom stereocenters. The fourth-order valence-corrected chi connectivity index (χ4v) is 1.99. The van der Waals surface area contributed by atoms with E-state index in [1.807, 2.05) is 44.2 Å². The molecule has 0 atom stereocenters. The normalized spacial score (nSPS) is 11.0. The van der Waals surface area contributed by atoms with Crippen LogP contribution in [0.1, 0.15) is 29.8 Å². The molecule has 0 spiro atoms. The highest BCUT2D eigenvalue weighted by molar-refractivity contribution is 5.98. The number of carbonyl (C=O) groups is 1. The Kier molecular flexibility index (Phi) is 5.66. The maximum absolute atomic E-state index is 12.3. The molecule has 1 aromatic carbocycles. The highest BCUT2D eigenvalue weighted by Gasteiger charge is 2.22. The van der Waals surface area contributed by atoms with Crippen LogP contribution >= 0.6 is 0 Å². The fourth-order valence-electron chi connectivity index (χ4n) is 1.99. The maximum Gasteiger partial charge on any atom is 0.222 e. The number of rotatable bonds is 8. The van der Waals surface area contributed by atoms with Crippen LogP contribution in [0.15, 0.2) is 42.7 Å². The number of ether oxygens (including phenoxy) is 2. The van der Waals surface area contributed by atoms with Gasteiger partial charge in [0.25, 0.3) is 0 Å². The summed E-state index contributed by atoms with van der Waals surface area (Å²) in [4.78, 5) is 12.3. The summed E-state index contributed by atoms with van der Waals surface area (Å²) in [5.41, 5.74) is 1.63. The maximum atomic E-state index is 12.3. The van der Waals surface area contributed by atoms with Crippen molar-refractivity contribution in [2.75, 3.05) is 13.2 Å². The van der Waals surface area contributed by atoms with Gasteiger partial charge in [-0.3, -0.25) is 9.48 Å². The molecule has 2 aromatic rings. The summed E-state index contributed by atoms with van der Waals surface area (Å²) in [6, 6.07) is 9.96. The Morgan fingerprint density at radius 2 is 1.86 bits per heavy atom. The van der Waals surface area contributed by atoms with Crippen molar-refractivity contribution in [1.82, 2.24) is 9.78 Å². The quantitative estimate of drug-likeness (QED) is 0.553. The summed E-state index contributed by atoms with van der Waals surface area (Å²) in [6.45, 7) is 5.14. The van der Waals surface area contributed by atoms with Crippen molar-refractivity contribution in [2.24, 2.45) is 0 Å². The predicted octanol–water partition coefficient (Wildman–Crippen LogP) is 2.51. The zero-order chi connectivity index (χ0) is 15.1. The van der Waals surface area contributed by atoms with Gasteiger partial charge in [0.2, 0.25) is 12.1 Å². The van der Waals surface area contributed by atoms with E-state index in [9.17, 15) is 4.79 Å². The molecule has 5 heteroatoms. The van der Waals surface area contributed by atoms with Crippen molar-refractivity contribution in [3.8, 4) is 0 Å². The van der Waals surface area contributed by atoms with Gasteiger partial charge in [-0.2, -0.15) is 5.10 Å². The minimum Gasteiger partial charge on any atom is -0.346 e. The minimum absolute atomic E-state index is 0.196. The van der Waals surface area contributed by atoms with Crippen molar-refractivity contribution in [3.63, 3.8) is 0 Å². The first-order chi connectivity index (χ1) is 10.2. The SMILES string of the molecule is CCOC(OCC)C(=O)c1cnn(Cc2ccccc2)c1. The largest absolute Gasteiger partial charge is 0.346 e. The number of ketones is 1. The van der Waals surface area contributed by atoms with E-state index >= 15 is 0 Å². The zero-order valence-corrected chi connectivity index (χ0v) is 12.4. The lowest BCUT2D eigenvalue weighted by molar-refractivity contribution is -0.107. The van der Waals surface area contributed by atoms with E-state index in [1.165, 1.54) is 0 Å². The number of benzene rings is 1. The smallest absolute Gasteiger partial charge is 0.222 e. The first-order valence-electron chi connectivity index (χ1n) is 7.08. The second-order valence-corrected chi connectivity index (χ2v) is 4.52. The van der Waals surface area contributed by atoms with Crippen molar-refractivity contribution in [1.29, 1.82) is 0 Å². The average molecular weight is 288 g/mol. The van der Waals surface area contributed by atoms with E-state index in [0.29, 0.717) is 25.3 Å². The Labute approximate surface area is 124 Å². The molecule has 112 valence electrons. The molecule has 0 fully saturated rings. The van der Waals surface area contributed by atoms with E-state index in [2.05, 4.69) is 5.10 Å². The third kappa shape index (κ3) is 4.24. The van der Waals surface area contributed by atoms with Crippen LogP contribution in [0.3, 0.4) is 0 Å². The van der Waals surface area contributed by atoms with Gasteiger partial charge in [0.1, 0.15) is 0 Å². The molecule has 0 aliphatic carbocycles. The van der Waals surface area contributed by atoms with Gasteiger partial charge in [-0.05, 0) is 19.4 Å². The van der Waals surface area contributed by atoms with Gasteiger partial charge < -0.3 is 9.47 Å². The van der Waals surface area contributed by atoms with Crippen LogP contribution in [0.4, 0.5) is 0 Å². The minimum atomic E-state index is -0.852. The standard InChI is InChI=1S/C16H20N2O3/c1-3-20-16(21-4-2)15(19)14-10-17-18(12-14)11-13-8-6-5-7-9-13/h5-10,12,16H,3-4,11H2,1-2H3. The summed E-state index contributed by atoms with van der Waals surface area (Å²) < 4.78 is 12.4. The average Bonchev–Trinajstić information content (AvgIpc) is 2.96. The van der Waals surface area contributed by atoms with Crippen LogP contribution < -0.4 is 0 Å². The van der Waals surface area contributed by atoms with Crippen molar-refractivity contribution in [2.45, 2.75) is 26.7 Å². The molecule has 2 rings (SSSR count). The van der Waals surface area contributed by atoms with Gasteiger partial charge in [0.15, 0.2) is 0 Å². The van der Waals surface area contributed by atoms with Crippen molar-refractivity contribution < 1.29 is 14.3 Å². The first-order valence-corrected chi connectivity index (χ1v) is 7.08. The van der Waals surface area contributed by atoms with Crippen LogP contribution in [0, 0.1) is 0 Å². The first kappa shape index (κ1) is 15.4. The summed E-state index contributed by atoms with van der Waals surface area (Å²) in [5, 5.41) is 4.22. The van der Waals surface area contributed by atoms with Gasteiger partial charge in [0, 0.05) is 19.4 Å². The number of Topliss-reactive ketones (excluding diaryl/α,β-unsaturated/α-hetero) is 1. The lowest BCUT2D eigenvalue weighted by Crippen LogP contribution is -2.27. The molecule has 0 radical (unpaired) electrons. The highest BCUT2D eigenvalue weighted by Crippen LogP contribution is 2.09. The van der Waals surface area contributed by atoms with E-state index in [4.69, 9.17) is 9.47 Å². The second-order valence-electron chi connectivity index (χ2n) is 4.52. The van der Waals surface area contributed by atoms with Crippen molar-refractivity contribution in [3.05, 3.63) is 53.9 Å². The highest BCUT2D eigenvalue weighted by atomic mass is 16.7. The summed E-state index contributed by atoms with van der Waals surface area (Å²) >= 11 is 0. The summed E-state index contributed by atoms with van der Waals surface area (Å²) in [5.74, 6) is -0.196. The van der Waals surface area contributed by atoms with Crippen LogP contribution in [-0.4, -0.2) is 35.1 Å². The monoisotopic (exact) mass is 288 g/mol. The van der Waals surface area contributed by atoms with Crippen LogP contribution in [0.5, 0.6) is 0 Å². The third-order valence-corrected chi connectivity index (χ3v) is 2.96. The van der Waals surface area contributed by atoms with Crippen LogP contribution in [0.2, 0.25) is 0 Å². The molecule has 0 N–H and O–H groups in total. The third-order valence-electron chi connectivity index (χ3n) is 2.96. The van der Waals surface area contributed by atoms with Gasteiger partial charge in [-0.15, -0.1) is 0 Å². The number of carbonyl (C=O) groups excluding carboxylic acids is 1. The summed E-state index contributed by atoms with van der Waals surface area (Å²) in [7, 11) is 0. The predicted molar refractivity (Wildman–Crippen MR) is 79.1 cm³/mol. The van der Waals surface area contributed by atoms with E-state index in [1.54, 1.807) is 17.1 Å². The summed E-state index contributed by atoms with van der Waals surface area (Å²) in [6.07, 6.45) is 2.42. The van der Waals surface area contributed by atoms with E-state index < -0.39 is 6.29 Å². The van der Waals surface area contributed by atoms with Crippen LogP contribution in [-0.2, 0) is 16.0 Å². The fraction of sp³-hybridized carbons (Fsp3) is 0.375. The van der Waals surface area contributed by atoms with E-state index in [0.717, 1.165) is 5.56 Å². The number of hydrogen-bond acceptors (Lipinski definition) is 4. The molecule has 1 aromatic heterocycles. The Balaban J connectivity index is 2.06. The number of hydrogen-bond donors (Lipinski definition) is 0. The Morgan fingerprint density at radius 1 is 1.19 bits per heavy atom. The molecule has 21 heavy (non-hydrogen) atoms. The Bertz CT molecular complexity index is 560. The Hall–Kier alpha value is -1.98. The Morgan fingerprint density at radius 3 is 2.48 bits per heavy atom. The molecule has 5 nitrogen and oxygen atoms in total. The number of nitrogens with zero attached hydrogens (tertiary/aromatic N) is 2. The molecule has 0 aliphatic heterocycles. The molecule has 0 aliphatic rings. The lowest BCUT2D eigenvalue weighted by atomic mass is 10.2. The molecule has 1 heterocycles. The topological polar surface area (TPSA) is 53.4 Å². The zero-order valence-electron chi connectivity index (χ0n) is 12.4. The molecule has 0 saturated heterocycles. The van der Waals surface area contributed by atoms with Gasteiger partial charge in [0.05, 0.1) is 18.3 Å². The van der Waals surface area contributed by atoms with Gasteiger partial charge >= 0.3 is 0 Å². The molecule has 0 bridgehead atoms.